The molecule has 7 heteroatoms. The van der Waals surface area contributed by atoms with Crippen LogP contribution in [0, 0.1) is 5.82 Å². The normalized spacial score (nSPS) is 15.9. The lowest BCUT2D eigenvalue weighted by Crippen LogP contribution is -2.50. The molecule has 1 aliphatic heterocycles. The zero-order chi connectivity index (χ0) is 21.7. The largest absolute Gasteiger partial charge is 0.497 e. The number of rotatable bonds is 6. The minimum atomic E-state index is -0.372. The third kappa shape index (κ3) is 5.95. The Morgan fingerprint density at radius 3 is 2.73 bits per heavy atom. The zero-order valence-corrected chi connectivity index (χ0v) is 17.8. The van der Waals surface area contributed by atoms with Crippen LogP contribution in [0.4, 0.5) is 9.18 Å². The van der Waals surface area contributed by atoms with Crippen molar-refractivity contribution in [3.63, 3.8) is 0 Å². The van der Waals surface area contributed by atoms with Crippen molar-refractivity contribution in [2.45, 2.75) is 45.4 Å². The monoisotopic (exact) mass is 413 g/mol. The molecule has 0 saturated carbocycles. The van der Waals surface area contributed by atoms with Crippen LogP contribution >= 0.6 is 0 Å². The molecule has 0 radical (unpaired) electrons. The van der Waals surface area contributed by atoms with Crippen LogP contribution in [0.1, 0.15) is 38.3 Å². The van der Waals surface area contributed by atoms with Gasteiger partial charge in [0.15, 0.2) is 6.10 Å². The van der Waals surface area contributed by atoms with Gasteiger partial charge in [-0.1, -0.05) is 29.4 Å². The standard InChI is InChI=1S/C23H28FN3O3/c1-23(2,3)25-22(28)27(14-16-7-5-10-19(11-16)29-4)15-20-13-21(26-30-20)17-8-6-9-18(24)12-17/h5-12,20H,13-15H2,1-4H3,(H,25,28)/t20-/m1/s1. The Bertz CT molecular complexity index is 924. The number of halogens is 1. The van der Waals surface area contributed by atoms with Crippen LogP contribution in [0.15, 0.2) is 53.7 Å². The molecule has 0 fully saturated rings. The first-order chi connectivity index (χ1) is 14.2. The smallest absolute Gasteiger partial charge is 0.318 e. The van der Waals surface area contributed by atoms with Gasteiger partial charge in [-0.3, -0.25) is 0 Å². The molecule has 0 unspecified atom stereocenters. The highest BCUT2D eigenvalue weighted by Gasteiger charge is 2.28. The summed E-state index contributed by atoms with van der Waals surface area (Å²) in [6.45, 7) is 6.55. The lowest BCUT2D eigenvalue weighted by molar-refractivity contribution is 0.0580. The molecule has 3 rings (SSSR count). The maximum atomic E-state index is 13.5. The summed E-state index contributed by atoms with van der Waals surface area (Å²) in [5.41, 5.74) is 1.94. The predicted molar refractivity (Wildman–Crippen MR) is 114 cm³/mol. The molecule has 2 amide bonds. The number of methoxy groups -OCH3 is 1. The topological polar surface area (TPSA) is 63.2 Å². The van der Waals surface area contributed by atoms with E-state index in [4.69, 9.17) is 9.57 Å². The van der Waals surface area contributed by atoms with Gasteiger partial charge in [-0.2, -0.15) is 0 Å². The summed E-state index contributed by atoms with van der Waals surface area (Å²) in [6, 6.07) is 13.7. The predicted octanol–water partition coefficient (Wildman–Crippen LogP) is 4.34. The van der Waals surface area contributed by atoms with E-state index in [2.05, 4.69) is 10.5 Å². The van der Waals surface area contributed by atoms with E-state index in [1.54, 1.807) is 24.1 Å². The number of ether oxygens (including phenoxy) is 1. The van der Waals surface area contributed by atoms with Crippen LogP contribution in [0.25, 0.3) is 0 Å². The minimum absolute atomic E-state index is 0.187. The van der Waals surface area contributed by atoms with E-state index >= 15 is 0 Å². The van der Waals surface area contributed by atoms with Crippen molar-refractivity contribution in [2.75, 3.05) is 13.7 Å². The number of urea groups is 1. The highest BCUT2D eigenvalue weighted by molar-refractivity contribution is 6.01. The fraction of sp³-hybridized carbons (Fsp3) is 0.391. The maximum absolute atomic E-state index is 13.5. The quantitative estimate of drug-likeness (QED) is 0.766. The summed E-state index contributed by atoms with van der Waals surface area (Å²) in [6.07, 6.45) is 0.195. The molecule has 30 heavy (non-hydrogen) atoms. The SMILES string of the molecule is COc1cccc(CN(C[C@H]2CC(c3cccc(F)c3)=NO2)C(=O)NC(C)(C)C)c1. The molecular weight excluding hydrogens is 385 g/mol. The van der Waals surface area contributed by atoms with Crippen molar-refractivity contribution in [2.24, 2.45) is 5.16 Å². The Morgan fingerprint density at radius 1 is 1.27 bits per heavy atom. The summed E-state index contributed by atoms with van der Waals surface area (Å²) < 4.78 is 18.8. The van der Waals surface area contributed by atoms with E-state index in [9.17, 15) is 9.18 Å². The average molecular weight is 413 g/mol. The van der Waals surface area contributed by atoms with Gasteiger partial charge in [-0.15, -0.1) is 0 Å². The number of hydrogen-bond acceptors (Lipinski definition) is 4. The molecule has 1 N–H and O–H groups in total. The summed E-state index contributed by atoms with van der Waals surface area (Å²) >= 11 is 0. The Labute approximate surface area is 176 Å². The van der Waals surface area contributed by atoms with Crippen molar-refractivity contribution < 1.29 is 18.8 Å². The van der Waals surface area contributed by atoms with Crippen molar-refractivity contribution in [3.05, 3.63) is 65.5 Å². The van der Waals surface area contributed by atoms with Gasteiger partial charge in [0.05, 0.1) is 19.4 Å². The molecule has 1 aliphatic rings. The highest BCUT2D eigenvalue weighted by Crippen LogP contribution is 2.21. The van der Waals surface area contributed by atoms with Crippen LogP contribution in [-0.4, -0.2) is 41.9 Å². The molecule has 1 heterocycles. The maximum Gasteiger partial charge on any atom is 0.318 e. The molecule has 2 aromatic carbocycles. The second-order valence-corrected chi connectivity index (χ2v) is 8.39. The number of amides is 2. The third-order valence-electron chi connectivity index (χ3n) is 4.59. The molecule has 0 aliphatic carbocycles. The number of carbonyl (C=O) groups is 1. The van der Waals surface area contributed by atoms with Crippen molar-refractivity contribution in [3.8, 4) is 5.75 Å². The van der Waals surface area contributed by atoms with Gasteiger partial charge in [0.1, 0.15) is 11.6 Å². The van der Waals surface area contributed by atoms with Gasteiger partial charge >= 0.3 is 6.03 Å². The zero-order valence-electron chi connectivity index (χ0n) is 17.8. The number of benzene rings is 2. The highest BCUT2D eigenvalue weighted by atomic mass is 19.1. The van der Waals surface area contributed by atoms with Gasteiger partial charge in [-0.05, 0) is 50.6 Å². The van der Waals surface area contributed by atoms with Crippen LogP contribution in [0.2, 0.25) is 0 Å². The second-order valence-electron chi connectivity index (χ2n) is 8.39. The van der Waals surface area contributed by atoms with Gasteiger partial charge < -0.3 is 19.8 Å². The van der Waals surface area contributed by atoms with E-state index < -0.39 is 0 Å². The number of carbonyl (C=O) groups excluding carboxylic acids is 1. The van der Waals surface area contributed by atoms with Gasteiger partial charge in [0, 0.05) is 24.1 Å². The third-order valence-corrected chi connectivity index (χ3v) is 4.59. The summed E-state index contributed by atoms with van der Waals surface area (Å²) in [4.78, 5) is 20.2. The van der Waals surface area contributed by atoms with Crippen LogP contribution in [0.3, 0.4) is 0 Å². The van der Waals surface area contributed by atoms with E-state index in [0.29, 0.717) is 30.8 Å². The van der Waals surface area contributed by atoms with Crippen molar-refractivity contribution in [1.82, 2.24) is 10.2 Å². The van der Waals surface area contributed by atoms with E-state index in [1.807, 2.05) is 45.0 Å². The fourth-order valence-corrected chi connectivity index (χ4v) is 3.22. The van der Waals surface area contributed by atoms with Crippen molar-refractivity contribution in [1.29, 1.82) is 0 Å². The average Bonchev–Trinajstić information content (AvgIpc) is 3.15. The molecular formula is C23H28FN3O3. The number of oxime groups is 1. The first kappa shape index (κ1) is 21.6. The second kappa shape index (κ2) is 9.15. The molecule has 160 valence electrons. The first-order valence-electron chi connectivity index (χ1n) is 9.92. The Balaban J connectivity index is 1.71. The first-order valence-corrected chi connectivity index (χ1v) is 9.92. The summed E-state index contributed by atoms with van der Waals surface area (Å²) in [7, 11) is 1.61. The van der Waals surface area contributed by atoms with E-state index in [-0.39, 0.29) is 23.5 Å². The van der Waals surface area contributed by atoms with Crippen LogP contribution in [-0.2, 0) is 11.4 Å². The fourth-order valence-electron chi connectivity index (χ4n) is 3.22. The molecule has 0 saturated heterocycles. The van der Waals surface area contributed by atoms with E-state index in [1.165, 1.54) is 12.1 Å². The van der Waals surface area contributed by atoms with Gasteiger partial charge in [-0.25, -0.2) is 9.18 Å². The Kier molecular flexibility index (Phi) is 6.59. The molecule has 1 atom stereocenters. The lowest BCUT2D eigenvalue weighted by Gasteiger charge is -2.29. The van der Waals surface area contributed by atoms with Crippen LogP contribution < -0.4 is 10.1 Å². The van der Waals surface area contributed by atoms with Crippen molar-refractivity contribution >= 4 is 11.7 Å². The molecule has 0 aromatic heterocycles. The van der Waals surface area contributed by atoms with Gasteiger partial charge in [0.25, 0.3) is 0 Å². The number of nitrogens with zero attached hydrogens (tertiary/aromatic N) is 2. The van der Waals surface area contributed by atoms with Gasteiger partial charge in [0.2, 0.25) is 0 Å². The van der Waals surface area contributed by atoms with E-state index in [0.717, 1.165) is 11.3 Å². The molecule has 6 nitrogen and oxygen atoms in total. The minimum Gasteiger partial charge on any atom is -0.497 e. The Morgan fingerprint density at radius 2 is 2.03 bits per heavy atom. The van der Waals surface area contributed by atoms with Crippen LogP contribution in [0.5, 0.6) is 5.75 Å². The lowest BCUT2D eigenvalue weighted by atomic mass is 10.0. The molecule has 2 aromatic rings. The Hall–Kier alpha value is -3.09. The summed E-state index contributed by atoms with van der Waals surface area (Å²) in [5, 5.41) is 7.13. The molecule has 0 bridgehead atoms. The molecule has 0 spiro atoms. The summed E-state index contributed by atoms with van der Waals surface area (Å²) in [5.74, 6) is 0.417. The number of nitrogens with one attached hydrogen (secondary N) is 1. The number of hydrogen-bond donors (Lipinski definition) is 1.